The Hall–Kier alpha value is -5.74. The van der Waals surface area contributed by atoms with E-state index < -0.39 is 11.9 Å². The van der Waals surface area contributed by atoms with Crippen molar-refractivity contribution < 1.29 is 28.7 Å². The number of hydrogen-bond donors (Lipinski definition) is 2. The maximum atomic E-state index is 13.1. The number of nitriles is 1. The Morgan fingerprint density at radius 3 is 2.68 bits per heavy atom. The number of amides is 4. The van der Waals surface area contributed by atoms with Crippen LogP contribution in [0.2, 0.25) is 5.02 Å². The number of carbonyl (C=O) groups excluding carboxylic acids is 4. The molecule has 1 saturated carbocycles. The average molecular weight is 694 g/mol. The van der Waals surface area contributed by atoms with E-state index in [1.165, 1.54) is 4.90 Å². The number of halogens is 1. The average Bonchev–Trinajstić information content (AvgIpc) is 3.71. The number of fused-ring (bicyclic) bond motifs is 1. The van der Waals surface area contributed by atoms with Gasteiger partial charge in [-0.2, -0.15) is 5.26 Å². The highest BCUT2D eigenvalue weighted by Gasteiger charge is 2.40. The van der Waals surface area contributed by atoms with Crippen LogP contribution in [-0.4, -0.2) is 68.3 Å². The number of carbonyl (C=O) groups is 4. The van der Waals surface area contributed by atoms with Crippen LogP contribution in [-0.2, 0) is 22.6 Å². The molecule has 4 amide bonds. The highest BCUT2D eigenvalue weighted by Crippen LogP contribution is 2.34. The van der Waals surface area contributed by atoms with Crippen LogP contribution < -0.4 is 20.1 Å². The second kappa shape index (κ2) is 14.0. The molecule has 1 unspecified atom stereocenters. The number of nitrogens with zero attached hydrogens (tertiary/aromatic N) is 5. The standard InChI is InChI=1S/C36H32ClN7O6/c37-30-17-26(11-8-22(30)18-38)50-27-15-24(16-27)39-34(46)21-6-9-25(10-7-21)44-19-23(41-42-44)3-2-14-49-32-5-1-4-28-29(32)20-43(36(28)48)31-12-13-33(45)40-35(31)47/h1,4-11,17,19,24,27,31H,2-3,12-16,20H2,(H,39,46)(H,40,45,47). The number of aryl methyl sites for hydroxylation is 1. The molecule has 0 spiro atoms. The summed E-state index contributed by atoms with van der Waals surface area (Å²) in [6, 6.07) is 18.7. The maximum Gasteiger partial charge on any atom is 0.255 e. The van der Waals surface area contributed by atoms with Gasteiger partial charge in [0, 0.05) is 48.1 Å². The zero-order valence-corrected chi connectivity index (χ0v) is 27.6. The molecule has 1 aromatic heterocycles. The monoisotopic (exact) mass is 693 g/mol. The van der Waals surface area contributed by atoms with Gasteiger partial charge >= 0.3 is 0 Å². The fourth-order valence-electron chi connectivity index (χ4n) is 6.33. The molecule has 3 aromatic carbocycles. The van der Waals surface area contributed by atoms with Crippen LogP contribution in [0.1, 0.15) is 69.6 Å². The molecule has 4 aromatic rings. The first kappa shape index (κ1) is 32.8. The Kier molecular flexibility index (Phi) is 9.19. The lowest BCUT2D eigenvalue weighted by Crippen LogP contribution is -2.52. The zero-order valence-electron chi connectivity index (χ0n) is 26.8. The van der Waals surface area contributed by atoms with Crippen molar-refractivity contribution in [2.45, 2.75) is 63.3 Å². The molecule has 14 heteroatoms. The predicted octanol–water partition coefficient (Wildman–Crippen LogP) is 3.90. The second-order valence-corrected chi connectivity index (χ2v) is 12.9. The fourth-order valence-corrected chi connectivity index (χ4v) is 6.55. The Morgan fingerprint density at radius 1 is 1.10 bits per heavy atom. The summed E-state index contributed by atoms with van der Waals surface area (Å²) in [5, 5.41) is 23.2. The summed E-state index contributed by atoms with van der Waals surface area (Å²) in [7, 11) is 0. The van der Waals surface area contributed by atoms with Crippen LogP contribution >= 0.6 is 11.6 Å². The van der Waals surface area contributed by atoms with Gasteiger partial charge in [-0.3, -0.25) is 24.5 Å². The van der Waals surface area contributed by atoms with Crippen LogP contribution in [0.4, 0.5) is 0 Å². The molecule has 3 aliphatic rings. The lowest BCUT2D eigenvalue weighted by Gasteiger charge is -2.35. The van der Waals surface area contributed by atoms with Gasteiger partial charge < -0.3 is 19.7 Å². The maximum absolute atomic E-state index is 13.1. The molecule has 2 N–H and O–H groups in total. The van der Waals surface area contributed by atoms with Gasteiger partial charge in [0.25, 0.3) is 11.8 Å². The van der Waals surface area contributed by atoms with Crippen molar-refractivity contribution in [2.24, 2.45) is 0 Å². The largest absolute Gasteiger partial charge is 0.493 e. The summed E-state index contributed by atoms with van der Waals surface area (Å²) in [4.78, 5) is 51.3. The molecule has 1 atom stereocenters. The summed E-state index contributed by atoms with van der Waals surface area (Å²) < 4.78 is 13.6. The van der Waals surface area contributed by atoms with Gasteiger partial charge in [0.1, 0.15) is 29.7 Å². The van der Waals surface area contributed by atoms with Crippen LogP contribution in [0.25, 0.3) is 5.69 Å². The van der Waals surface area contributed by atoms with Crippen molar-refractivity contribution >= 4 is 35.2 Å². The van der Waals surface area contributed by atoms with E-state index in [1.807, 2.05) is 30.5 Å². The summed E-state index contributed by atoms with van der Waals surface area (Å²) in [6.45, 7) is 0.635. The van der Waals surface area contributed by atoms with Crippen LogP contribution in [0.3, 0.4) is 0 Å². The van der Waals surface area contributed by atoms with E-state index in [1.54, 1.807) is 47.1 Å². The van der Waals surface area contributed by atoms with Crippen LogP contribution in [0.15, 0.2) is 66.9 Å². The lowest BCUT2D eigenvalue weighted by molar-refractivity contribution is -0.136. The van der Waals surface area contributed by atoms with Crippen molar-refractivity contribution in [3.05, 3.63) is 99.8 Å². The first-order chi connectivity index (χ1) is 24.2. The molecule has 7 rings (SSSR count). The summed E-state index contributed by atoms with van der Waals surface area (Å²) in [6.07, 6.45) is 4.91. The van der Waals surface area contributed by atoms with E-state index in [4.69, 9.17) is 26.3 Å². The second-order valence-electron chi connectivity index (χ2n) is 12.5. The number of ether oxygens (including phenoxy) is 2. The Labute approximate surface area is 292 Å². The van der Waals surface area contributed by atoms with E-state index >= 15 is 0 Å². The third kappa shape index (κ3) is 6.88. The molecular formula is C36H32ClN7O6. The van der Waals surface area contributed by atoms with Gasteiger partial charge in [-0.1, -0.05) is 22.9 Å². The van der Waals surface area contributed by atoms with E-state index in [-0.39, 0.29) is 42.8 Å². The quantitative estimate of drug-likeness (QED) is 0.175. The summed E-state index contributed by atoms with van der Waals surface area (Å²) in [5.41, 5.74) is 3.71. The number of imide groups is 1. The number of rotatable bonds is 11. The normalized spacial score (nSPS) is 19.6. The molecule has 13 nitrogen and oxygen atoms in total. The highest BCUT2D eigenvalue weighted by molar-refractivity contribution is 6.31. The van der Waals surface area contributed by atoms with Crippen molar-refractivity contribution in [1.82, 2.24) is 30.5 Å². The van der Waals surface area contributed by atoms with E-state index in [9.17, 15) is 19.2 Å². The van der Waals surface area contributed by atoms with Gasteiger partial charge in [0.2, 0.25) is 11.8 Å². The van der Waals surface area contributed by atoms with E-state index in [2.05, 4.69) is 20.9 Å². The smallest absolute Gasteiger partial charge is 0.255 e. The first-order valence-corrected chi connectivity index (χ1v) is 16.7. The van der Waals surface area contributed by atoms with Gasteiger partial charge in [0.15, 0.2) is 0 Å². The number of hydrogen-bond acceptors (Lipinski definition) is 9. The number of piperidine rings is 1. The minimum Gasteiger partial charge on any atom is -0.493 e. The fraction of sp³-hybridized carbons (Fsp3) is 0.306. The predicted molar refractivity (Wildman–Crippen MR) is 179 cm³/mol. The van der Waals surface area contributed by atoms with Gasteiger partial charge in [-0.05, 0) is 67.8 Å². The lowest BCUT2D eigenvalue weighted by atomic mass is 9.89. The molecule has 2 aliphatic heterocycles. The first-order valence-electron chi connectivity index (χ1n) is 16.3. The molecule has 3 heterocycles. The van der Waals surface area contributed by atoms with Crippen LogP contribution in [0.5, 0.6) is 11.5 Å². The molecular weight excluding hydrogens is 662 g/mol. The van der Waals surface area contributed by atoms with Gasteiger partial charge in [0.05, 0.1) is 41.3 Å². The zero-order chi connectivity index (χ0) is 34.8. The van der Waals surface area contributed by atoms with Crippen molar-refractivity contribution in [1.29, 1.82) is 5.26 Å². The summed E-state index contributed by atoms with van der Waals surface area (Å²) >= 11 is 6.08. The minimum absolute atomic E-state index is 0.000659. The van der Waals surface area contributed by atoms with E-state index in [0.717, 1.165) is 16.9 Å². The van der Waals surface area contributed by atoms with Crippen LogP contribution in [0, 0.1) is 11.3 Å². The minimum atomic E-state index is -0.679. The molecule has 2 fully saturated rings. The third-order valence-corrected chi connectivity index (χ3v) is 9.42. The van der Waals surface area contributed by atoms with Crippen molar-refractivity contribution in [2.75, 3.05) is 6.61 Å². The number of nitrogens with one attached hydrogen (secondary N) is 2. The molecule has 50 heavy (non-hydrogen) atoms. The highest BCUT2D eigenvalue weighted by atomic mass is 35.5. The molecule has 0 bridgehead atoms. The molecule has 254 valence electrons. The Morgan fingerprint density at radius 2 is 1.92 bits per heavy atom. The number of aromatic nitrogens is 3. The molecule has 1 aliphatic carbocycles. The number of benzene rings is 3. The van der Waals surface area contributed by atoms with Gasteiger partial charge in [-0.25, -0.2) is 4.68 Å². The van der Waals surface area contributed by atoms with Gasteiger partial charge in [-0.15, -0.1) is 5.10 Å². The Bertz CT molecular complexity index is 2020. The third-order valence-electron chi connectivity index (χ3n) is 9.10. The van der Waals surface area contributed by atoms with Crippen molar-refractivity contribution in [3.63, 3.8) is 0 Å². The topological polar surface area (TPSA) is 169 Å². The Balaban J connectivity index is 0.859. The molecule has 1 saturated heterocycles. The van der Waals surface area contributed by atoms with Crippen molar-refractivity contribution in [3.8, 4) is 23.3 Å². The summed E-state index contributed by atoms with van der Waals surface area (Å²) in [5.74, 6) is 0.0144. The molecule has 0 radical (unpaired) electrons. The van der Waals surface area contributed by atoms with E-state index in [0.29, 0.717) is 71.9 Å². The SMILES string of the molecule is N#Cc1ccc(OC2CC(NC(=O)c3ccc(-n4cc(CCCOc5cccc6c5CN(C5CCC(=O)NC5=O)C6=O)nn4)cc3)C2)cc1Cl.